The smallest absolute Gasteiger partial charge is 0.272 e. The summed E-state index contributed by atoms with van der Waals surface area (Å²) in [7, 11) is 1.50. The highest BCUT2D eigenvalue weighted by Gasteiger charge is 2.10. The van der Waals surface area contributed by atoms with Crippen molar-refractivity contribution >= 4 is 23.2 Å². The second-order valence-electron chi connectivity index (χ2n) is 5.53. The van der Waals surface area contributed by atoms with Crippen molar-refractivity contribution in [3.05, 3.63) is 81.4 Å². The van der Waals surface area contributed by atoms with Gasteiger partial charge in [-0.1, -0.05) is 23.7 Å². The van der Waals surface area contributed by atoms with Gasteiger partial charge >= 0.3 is 0 Å². The number of aromatic amines is 1. The number of hydrogen-bond acceptors (Lipinski definition) is 5. The first-order valence-electron chi connectivity index (χ1n) is 7.96. The Morgan fingerprint density at radius 3 is 2.63 bits per heavy atom. The van der Waals surface area contributed by atoms with Gasteiger partial charge in [0.2, 0.25) is 11.3 Å². The van der Waals surface area contributed by atoms with Crippen LogP contribution in [0.5, 0.6) is 11.6 Å². The van der Waals surface area contributed by atoms with E-state index < -0.39 is 11.3 Å². The molecule has 0 radical (unpaired) electrons. The molecule has 138 valence electrons. The molecule has 0 aliphatic rings. The number of aromatic nitrogens is 2. The lowest BCUT2D eigenvalue weighted by molar-refractivity contribution is 0.102. The molecule has 0 spiro atoms. The summed E-state index contributed by atoms with van der Waals surface area (Å²) in [5.41, 5.74) is 1.05. The summed E-state index contributed by atoms with van der Waals surface area (Å²) in [5.74, 6) is 0.0829. The largest absolute Gasteiger partial charge is 0.483 e. The predicted molar refractivity (Wildman–Crippen MR) is 102 cm³/mol. The number of anilines is 1. The number of carbonyl (C=O) groups is 1. The number of methoxy groups -OCH3 is 1. The Bertz CT molecular complexity index is 985. The Hall–Kier alpha value is -3.32. The summed E-state index contributed by atoms with van der Waals surface area (Å²) in [4.78, 5) is 31.2. The second kappa shape index (κ2) is 8.37. The van der Waals surface area contributed by atoms with E-state index in [9.17, 15) is 9.59 Å². The van der Waals surface area contributed by atoms with Gasteiger partial charge in [-0.05, 0) is 23.8 Å². The van der Waals surface area contributed by atoms with Crippen LogP contribution in [0.3, 0.4) is 0 Å². The van der Waals surface area contributed by atoms with Crippen molar-refractivity contribution in [2.75, 3.05) is 12.4 Å². The lowest BCUT2D eigenvalue weighted by Gasteiger charge is -2.08. The van der Waals surface area contributed by atoms with Crippen molar-refractivity contribution in [1.82, 2.24) is 9.97 Å². The van der Waals surface area contributed by atoms with Crippen LogP contribution in [0.4, 0.5) is 5.69 Å². The normalized spacial score (nSPS) is 10.3. The van der Waals surface area contributed by atoms with Crippen molar-refractivity contribution in [2.24, 2.45) is 0 Å². The first-order valence-corrected chi connectivity index (χ1v) is 8.34. The van der Waals surface area contributed by atoms with Crippen LogP contribution in [0.25, 0.3) is 0 Å². The number of nitrogens with one attached hydrogen (secondary N) is 2. The van der Waals surface area contributed by atoms with E-state index in [1.54, 1.807) is 36.4 Å². The van der Waals surface area contributed by atoms with Gasteiger partial charge < -0.3 is 19.8 Å². The molecule has 0 aliphatic heterocycles. The summed E-state index contributed by atoms with van der Waals surface area (Å²) >= 11 is 5.83. The lowest BCUT2D eigenvalue weighted by Crippen LogP contribution is -2.18. The van der Waals surface area contributed by atoms with E-state index in [0.717, 1.165) is 5.56 Å². The van der Waals surface area contributed by atoms with Gasteiger partial charge in [-0.2, -0.15) is 0 Å². The van der Waals surface area contributed by atoms with Gasteiger partial charge in [0.1, 0.15) is 12.3 Å². The maximum atomic E-state index is 12.2. The van der Waals surface area contributed by atoms with Gasteiger partial charge in [0, 0.05) is 23.4 Å². The van der Waals surface area contributed by atoms with Gasteiger partial charge in [-0.25, -0.2) is 4.98 Å². The zero-order valence-corrected chi connectivity index (χ0v) is 15.1. The number of hydrogen-bond donors (Lipinski definition) is 2. The van der Waals surface area contributed by atoms with Crippen LogP contribution in [0, 0.1) is 0 Å². The molecule has 2 N–H and O–H groups in total. The number of pyridine rings is 2. The number of H-pyrrole nitrogens is 1. The van der Waals surface area contributed by atoms with Crippen LogP contribution in [-0.2, 0) is 6.61 Å². The molecule has 2 heterocycles. The number of rotatable bonds is 6. The number of nitrogens with zero attached hydrogens (tertiary/aromatic N) is 1. The zero-order valence-electron chi connectivity index (χ0n) is 14.4. The minimum Gasteiger partial charge on any atom is -0.483 e. The molecule has 0 fully saturated rings. The quantitative estimate of drug-likeness (QED) is 0.679. The molecule has 3 rings (SSSR count). The highest BCUT2D eigenvalue weighted by atomic mass is 35.5. The topological polar surface area (TPSA) is 93.3 Å². The van der Waals surface area contributed by atoms with E-state index >= 15 is 0 Å². The first kappa shape index (κ1) is 18.5. The molecule has 0 atom stereocenters. The third-order valence-corrected chi connectivity index (χ3v) is 3.88. The highest BCUT2D eigenvalue weighted by Crippen LogP contribution is 2.13. The van der Waals surface area contributed by atoms with Gasteiger partial charge in [-0.3, -0.25) is 9.59 Å². The van der Waals surface area contributed by atoms with E-state index in [-0.39, 0.29) is 18.1 Å². The molecule has 1 aromatic carbocycles. The van der Waals surface area contributed by atoms with Crippen LogP contribution in [0.1, 0.15) is 16.1 Å². The molecule has 0 saturated carbocycles. The first-order chi connectivity index (χ1) is 13.0. The van der Waals surface area contributed by atoms with Gasteiger partial charge in [0.25, 0.3) is 5.91 Å². The number of benzene rings is 1. The molecular weight excluding hydrogens is 370 g/mol. The molecule has 8 heteroatoms. The van der Waals surface area contributed by atoms with Crippen molar-refractivity contribution in [1.29, 1.82) is 0 Å². The summed E-state index contributed by atoms with van der Waals surface area (Å²) in [6, 6.07) is 11.5. The number of ether oxygens (including phenoxy) is 2. The van der Waals surface area contributed by atoms with Gasteiger partial charge in [0.15, 0.2) is 5.75 Å². The molecule has 27 heavy (non-hydrogen) atoms. The third-order valence-electron chi connectivity index (χ3n) is 3.63. The number of halogens is 1. The van der Waals surface area contributed by atoms with E-state index in [2.05, 4.69) is 15.3 Å². The summed E-state index contributed by atoms with van der Waals surface area (Å²) in [5, 5.41) is 3.26. The minimum atomic E-state index is -0.469. The Morgan fingerprint density at radius 1 is 1.22 bits per heavy atom. The fourth-order valence-electron chi connectivity index (χ4n) is 2.22. The summed E-state index contributed by atoms with van der Waals surface area (Å²) in [6.07, 6.45) is 2.82. The number of amides is 1. The summed E-state index contributed by atoms with van der Waals surface area (Å²) < 4.78 is 10.5. The van der Waals surface area contributed by atoms with Crippen molar-refractivity contribution in [3.63, 3.8) is 0 Å². The van der Waals surface area contributed by atoms with Crippen LogP contribution >= 0.6 is 11.6 Å². The molecule has 3 aromatic rings. The Morgan fingerprint density at radius 2 is 2.00 bits per heavy atom. The maximum absolute atomic E-state index is 12.2. The predicted octanol–water partition coefficient (Wildman–Crippen LogP) is 3.26. The van der Waals surface area contributed by atoms with E-state index in [1.165, 1.54) is 25.6 Å². The second-order valence-corrected chi connectivity index (χ2v) is 5.97. The SMILES string of the molecule is COc1ccc(NC(=O)c2cc(=O)c(OCc3ccc(Cl)cc3)c[nH]2)cn1. The number of carbonyl (C=O) groups excluding carboxylic acids is 1. The minimum absolute atomic E-state index is 0.106. The third kappa shape index (κ3) is 4.86. The van der Waals surface area contributed by atoms with Crippen molar-refractivity contribution in [3.8, 4) is 11.6 Å². The summed E-state index contributed by atoms with van der Waals surface area (Å²) in [6.45, 7) is 0.212. The van der Waals surface area contributed by atoms with Crippen LogP contribution in [-0.4, -0.2) is 23.0 Å². The van der Waals surface area contributed by atoms with E-state index in [0.29, 0.717) is 16.6 Å². The van der Waals surface area contributed by atoms with Crippen molar-refractivity contribution < 1.29 is 14.3 Å². The fourth-order valence-corrected chi connectivity index (χ4v) is 2.34. The van der Waals surface area contributed by atoms with E-state index in [4.69, 9.17) is 21.1 Å². The molecule has 7 nitrogen and oxygen atoms in total. The zero-order chi connectivity index (χ0) is 19.2. The highest BCUT2D eigenvalue weighted by molar-refractivity contribution is 6.30. The van der Waals surface area contributed by atoms with Gasteiger partial charge in [0.05, 0.1) is 19.0 Å². The van der Waals surface area contributed by atoms with Crippen molar-refractivity contribution in [2.45, 2.75) is 6.61 Å². The van der Waals surface area contributed by atoms with Gasteiger partial charge in [-0.15, -0.1) is 0 Å². The Balaban J connectivity index is 1.65. The molecule has 1 amide bonds. The lowest BCUT2D eigenvalue weighted by atomic mass is 10.2. The average Bonchev–Trinajstić information content (AvgIpc) is 2.69. The molecular formula is C19H16ClN3O4. The molecule has 0 bridgehead atoms. The van der Waals surface area contributed by atoms with E-state index in [1.807, 2.05) is 0 Å². The molecule has 0 saturated heterocycles. The van der Waals surface area contributed by atoms with Crippen LogP contribution in [0.2, 0.25) is 5.02 Å². The molecule has 0 aliphatic carbocycles. The monoisotopic (exact) mass is 385 g/mol. The average molecular weight is 386 g/mol. The van der Waals surface area contributed by atoms with Crippen LogP contribution in [0.15, 0.2) is 59.7 Å². The Labute approximate surface area is 159 Å². The standard InChI is InChI=1S/C19H16ClN3O4/c1-26-18-7-6-14(9-22-18)23-19(25)15-8-16(24)17(10-21-15)27-11-12-2-4-13(20)5-3-12/h2-10H,11H2,1H3,(H,21,24)(H,23,25). The maximum Gasteiger partial charge on any atom is 0.272 e. The fraction of sp³-hybridized carbons (Fsp3) is 0.105. The Kier molecular flexibility index (Phi) is 5.73. The van der Waals surface area contributed by atoms with Crippen LogP contribution < -0.4 is 20.2 Å². The molecule has 2 aromatic heterocycles. The molecule has 0 unspecified atom stereocenters.